The summed E-state index contributed by atoms with van der Waals surface area (Å²) in [5.41, 5.74) is 7.08. The Balaban J connectivity index is 2.02. The molecule has 1 aromatic rings. The van der Waals surface area contributed by atoms with Crippen LogP contribution in [0.4, 0.5) is 10.5 Å². The van der Waals surface area contributed by atoms with Crippen molar-refractivity contribution < 1.29 is 23.8 Å². The second-order valence-electron chi connectivity index (χ2n) is 8.37. The maximum absolute atomic E-state index is 12.5. The third-order valence-electron chi connectivity index (χ3n) is 4.55. The average molecular weight is 435 g/mol. The third kappa shape index (κ3) is 7.13. The summed E-state index contributed by atoms with van der Waals surface area (Å²) in [5, 5.41) is 2.79. The highest BCUT2D eigenvalue weighted by molar-refractivity contribution is 6.02. The largest absolute Gasteiger partial charge is 0.492 e. The van der Waals surface area contributed by atoms with E-state index < -0.39 is 5.60 Å². The molecule has 9 nitrogen and oxygen atoms in total. The van der Waals surface area contributed by atoms with Crippen LogP contribution < -0.4 is 15.8 Å². The van der Waals surface area contributed by atoms with Crippen molar-refractivity contribution in [2.24, 2.45) is 10.9 Å². The minimum Gasteiger partial charge on any atom is -0.492 e. The molecule has 1 aliphatic heterocycles. The second kappa shape index (κ2) is 11.0. The maximum atomic E-state index is 12.5. The fraction of sp³-hybridized carbons (Fsp3) is 0.591. The van der Waals surface area contributed by atoms with Gasteiger partial charge < -0.3 is 30.2 Å². The monoisotopic (exact) mass is 434 g/mol. The van der Waals surface area contributed by atoms with Gasteiger partial charge in [-0.05, 0) is 39.8 Å². The zero-order chi connectivity index (χ0) is 23.0. The Kier molecular flexibility index (Phi) is 8.67. The first-order valence-electron chi connectivity index (χ1n) is 10.5. The van der Waals surface area contributed by atoms with Gasteiger partial charge in [-0.15, -0.1) is 0 Å². The Labute approximate surface area is 183 Å². The van der Waals surface area contributed by atoms with Gasteiger partial charge in [-0.3, -0.25) is 9.79 Å². The molecule has 0 aliphatic carbocycles. The average Bonchev–Trinajstić information content (AvgIpc) is 2.64. The number of methoxy groups -OCH3 is 1. The molecule has 1 aromatic carbocycles. The van der Waals surface area contributed by atoms with Crippen LogP contribution in [0.2, 0.25) is 0 Å². The molecule has 9 heteroatoms. The van der Waals surface area contributed by atoms with Gasteiger partial charge in [-0.2, -0.15) is 0 Å². The van der Waals surface area contributed by atoms with E-state index in [-0.39, 0.29) is 17.9 Å². The van der Waals surface area contributed by atoms with E-state index in [0.29, 0.717) is 62.0 Å². The maximum Gasteiger partial charge on any atom is 0.410 e. The predicted molar refractivity (Wildman–Crippen MR) is 120 cm³/mol. The van der Waals surface area contributed by atoms with Crippen molar-refractivity contribution in [3.8, 4) is 5.75 Å². The first kappa shape index (κ1) is 24.5. The normalized spacial score (nSPS) is 14.4. The fourth-order valence-corrected chi connectivity index (χ4v) is 3.04. The van der Waals surface area contributed by atoms with Crippen LogP contribution in [0, 0.1) is 5.92 Å². The number of nitrogens with zero attached hydrogens (tertiary/aromatic N) is 2. The van der Waals surface area contributed by atoms with E-state index in [0.717, 1.165) is 0 Å². The predicted octanol–water partition coefficient (Wildman–Crippen LogP) is 2.33. The minimum absolute atomic E-state index is 0.251. The summed E-state index contributed by atoms with van der Waals surface area (Å²) in [6, 6.07) is 3.31. The number of anilines is 1. The molecule has 31 heavy (non-hydrogen) atoms. The van der Waals surface area contributed by atoms with E-state index in [9.17, 15) is 9.59 Å². The highest BCUT2D eigenvalue weighted by Gasteiger charge is 2.33. The van der Waals surface area contributed by atoms with Gasteiger partial charge in [0.2, 0.25) is 0 Å². The molecule has 2 amide bonds. The zero-order valence-electron chi connectivity index (χ0n) is 19.1. The highest BCUT2D eigenvalue weighted by atomic mass is 16.6. The van der Waals surface area contributed by atoms with Gasteiger partial charge >= 0.3 is 6.09 Å². The number of benzene rings is 1. The number of likely N-dealkylation sites (tertiary alicyclic amines) is 1. The second-order valence-corrected chi connectivity index (χ2v) is 8.37. The molecule has 1 aliphatic rings. The number of nitrogen functional groups attached to an aromatic ring is 1. The van der Waals surface area contributed by atoms with Crippen molar-refractivity contribution >= 4 is 23.9 Å². The Bertz CT molecular complexity index is 798. The number of nitrogens with two attached hydrogens (primary N) is 1. The lowest BCUT2D eigenvalue weighted by molar-refractivity contribution is 0.000409. The number of aliphatic imine (C=N–C) groups is 1. The summed E-state index contributed by atoms with van der Waals surface area (Å²) in [5.74, 6) is 0.397. The summed E-state index contributed by atoms with van der Waals surface area (Å²) in [4.78, 5) is 30.7. The Morgan fingerprint density at radius 3 is 2.65 bits per heavy atom. The minimum atomic E-state index is -0.506. The van der Waals surface area contributed by atoms with Crippen LogP contribution in [0.3, 0.4) is 0 Å². The molecule has 1 saturated heterocycles. The quantitative estimate of drug-likeness (QED) is 0.350. The van der Waals surface area contributed by atoms with Crippen LogP contribution in [-0.4, -0.2) is 75.2 Å². The number of nitrogens with one attached hydrogen (secondary N) is 1. The van der Waals surface area contributed by atoms with Gasteiger partial charge in [0, 0.05) is 51.1 Å². The lowest BCUT2D eigenvalue weighted by atomic mass is 10.0. The highest BCUT2D eigenvalue weighted by Crippen LogP contribution is 2.28. The van der Waals surface area contributed by atoms with Crippen molar-refractivity contribution in [2.45, 2.75) is 33.3 Å². The molecular weight excluding hydrogens is 400 g/mol. The molecule has 0 unspecified atom stereocenters. The van der Waals surface area contributed by atoms with E-state index >= 15 is 0 Å². The van der Waals surface area contributed by atoms with Gasteiger partial charge in [0.25, 0.3) is 5.91 Å². The van der Waals surface area contributed by atoms with E-state index in [1.165, 1.54) is 0 Å². The molecule has 172 valence electrons. The van der Waals surface area contributed by atoms with Gasteiger partial charge in [0.1, 0.15) is 11.4 Å². The van der Waals surface area contributed by atoms with Gasteiger partial charge in [0.15, 0.2) is 0 Å². The molecule has 1 heterocycles. The topological polar surface area (TPSA) is 115 Å². The van der Waals surface area contributed by atoms with Gasteiger partial charge in [0.05, 0.1) is 24.3 Å². The number of rotatable bonds is 9. The molecule has 0 radical (unpaired) electrons. The molecule has 0 bridgehead atoms. The Hall–Kier alpha value is -2.81. The first-order valence-corrected chi connectivity index (χ1v) is 10.5. The van der Waals surface area contributed by atoms with Crippen LogP contribution in [0.15, 0.2) is 17.1 Å². The molecule has 0 spiro atoms. The van der Waals surface area contributed by atoms with Crippen molar-refractivity contribution in [1.29, 1.82) is 0 Å². The summed E-state index contributed by atoms with van der Waals surface area (Å²) in [6.07, 6.45) is 1.34. The van der Waals surface area contributed by atoms with Crippen molar-refractivity contribution in [3.05, 3.63) is 23.3 Å². The Morgan fingerprint density at radius 2 is 2.03 bits per heavy atom. The third-order valence-corrected chi connectivity index (χ3v) is 4.55. The van der Waals surface area contributed by atoms with E-state index in [4.69, 9.17) is 19.9 Å². The van der Waals surface area contributed by atoms with Crippen molar-refractivity contribution in [3.63, 3.8) is 0 Å². The number of hydrogen-bond donors (Lipinski definition) is 2. The van der Waals surface area contributed by atoms with Crippen LogP contribution in [-0.2, 0) is 9.47 Å². The van der Waals surface area contributed by atoms with Gasteiger partial charge in [-0.25, -0.2) is 4.79 Å². The number of ether oxygens (including phenoxy) is 3. The number of hydrogen-bond acceptors (Lipinski definition) is 7. The van der Waals surface area contributed by atoms with Crippen LogP contribution in [0.5, 0.6) is 5.75 Å². The number of carbonyl (C=O) groups is 2. The van der Waals surface area contributed by atoms with Crippen molar-refractivity contribution in [2.75, 3.05) is 52.2 Å². The molecule has 0 saturated carbocycles. The zero-order valence-corrected chi connectivity index (χ0v) is 19.1. The van der Waals surface area contributed by atoms with Crippen LogP contribution >= 0.6 is 0 Å². The lowest BCUT2D eigenvalue weighted by Crippen LogP contribution is -2.52. The number of carbonyl (C=O) groups excluding carboxylic acids is 2. The standard InChI is InChI=1S/C22H34N4O5/c1-6-30-19-16(20(27)25-9-10-29-5)7-8-18(23)17(19)12-24-11-15-13-26(14-15)21(28)31-22(2,3)4/h7-8,12,15H,6,9-11,13-14,23H2,1-5H3,(H,25,27). The Morgan fingerprint density at radius 1 is 1.32 bits per heavy atom. The molecule has 2 rings (SSSR count). The first-order chi connectivity index (χ1) is 14.7. The SMILES string of the molecule is CCOc1c(C(=O)NCCOC)ccc(N)c1C=NCC1CN(C(=O)OC(C)(C)C)C1. The molecular formula is C22H34N4O5. The van der Waals surface area contributed by atoms with E-state index in [1.54, 1.807) is 30.4 Å². The fourth-order valence-electron chi connectivity index (χ4n) is 3.04. The molecule has 1 fully saturated rings. The van der Waals surface area contributed by atoms with E-state index in [2.05, 4.69) is 10.3 Å². The van der Waals surface area contributed by atoms with Crippen molar-refractivity contribution in [1.82, 2.24) is 10.2 Å². The summed E-state index contributed by atoms with van der Waals surface area (Å²) >= 11 is 0. The molecule has 0 aromatic heterocycles. The summed E-state index contributed by atoms with van der Waals surface area (Å²) in [7, 11) is 1.57. The smallest absolute Gasteiger partial charge is 0.410 e. The summed E-state index contributed by atoms with van der Waals surface area (Å²) < 4.78 is 16.1. The molecule has 0 atom stereocenters. The van der Waals surface area contributed by atoms with Crippen LogP contribution in [0.1, 0.15) is 43.6 Å². The van der Waals surface area contributed by atoms with Crippen LogP contribution in [0.25, 0.3) is 0 Å². The summed E-state index contributed by atoms with van der Waals surface area (Å²) in [6.45, 7) is 10.3. The van der Waals surface area contributed by atoms with Gasteiger partial charge in [-0.1, -0.05) is 0 Å². The molecule has 3 N–H and O–H groups in total. The lowest BCUT2D eigenvalue weighted by Gasteiger charge is -2.39. The number of amides is 2. The van der Waals surface area contributed by atoms with E-state index in [1.807, 2.05) is 27.7 Å².